The molecule has 1 heterocycles. The number of fused-ring (bicyclic) bond motifs is 1. The second kappa shape index (κ2) is 15.2. The fourth-order valence-corrected chi connectivity index (χ4v) is 7.59. The van der Waals surface area contributed by atoms with Gasteiger partial charge in [-0.15, -0.1) is 0 Å². The van der Waals surface area contributed by atoms with E-state index in [0.29, 0.717) is 0 Å². The van der Waals surface area contributed by atoms with Crippen molar-refractivity contribution in [3.05, 3.63) is 46.9 Å². The van der Waals surface area contributed by atoms with Gasteiger partial charge in [0.2, 0.25) is 17.5 Å². The molecule has 258 valence electrons. The van der Waals surface area contributed by atoms with Crippen molar-refractivity contribution >= 4 is 39.9 Å². The molecule has 9 nitrogen and oxygen atoms in total. The summed E-state index contributed by atoms with van der Waals surface area (Å²) in [7, 11) is -1.82. The van der Waals surface area contributed by atoms with Gasteiger partial charge in [-0.1, -0.05) is 66.7 Å². The van der Waals surface area contributed by atoms with Gasteiger partial charge in [0.05, 0.1) is 37.0 Å². The molecule has 46 heavy (non-hydrogen) atoms. The lowest BCUT2D eigenvalue weighted by molar-refractivity contribution is -0.132. The second-order valence-corrected chi connectivity index (χ2v) is 25.0. The fourth-order valence-electron chi connectivity index (χ4n) is 4.85. The molecule has 0 spiro atoms. The Balaban J connectivity index is 2.75. The molecule has 0 aromatic rings. The Kier molecular flexibility index (Phi) is 13.1. The van der Waals surface area contributed by atoms with Crippen LogP contribution >= 0.6 is 0 Å². The minimum Gasteiger partial charge on any atom is -0.494 e. The van der Waals surface area contributed by atoms with E-state index in [1.807, 2.05) is 13.8 Å². The number of hydrogen-bond donors (Lipinski definition) is 1. The quantitative estimate of drug-likeness (QED) is 0.143. The number of allylic oxidation sites excluding steroid dienone is 3. The third-order valence-electron chi connectivity index (χ3n) is 9.86. The Hall–Kier alpha value is -2.45. The standard InChI is InChI=1S/C35H57NO8Si2/c1-22-18-23(2)30(44-46(13,14)35(6,7)8)21-31(39)36-25-19-27(38)32(40)24(33(25)42-10)16-15-17-28(41-9)26(37)20-29(22)43-45(11,12)34(3,4)5/h15,17-19,22,28-30H,16,20-21H2,1-14H3,(H,36,39)/b17-15+,23-18+/t22-,28+,29-,30-/m0/s1. The first-order chi connectivity index (χ1) is 21.0. The first-order valence-electron chi connectivity index (χ1n) is 16.1. The predicted molar refractivity (Wildman–Crippen MR) is 186 cm³/mol. The van der Waals surface area contributed by atoms with Crippen molar-refractivity contribution in [3.63, 3.8) is 0 Å². The normalized spacial score (nSPS) is 27.0. The first-order valence-corrected chi connectivity index (χ1v) is 21.9. The lowest BCUT2D eigenvalue weighted by Gasteiger charge is -2.41. The zero-order chi connectivity index (χ0) is 35.4. The maximum absolute atomic E-state index is 13.7. The first kappa shape index (κ1) is 39.7. The molecule has 0 saturated carbocycles. The van der Waals surface area contributed by atoms with Crippen molar-refractivity contribution in [2.24, 2.45) is 5.92 Å². The number of amides is 1. The van der Waals surface area contributed by atoms with Gasteiger partial charge in [0.25, 0.3) is 0 Å². The molecule has 1 N–H and O–H groups in total. The summed E-state index contributed by atoms with van der Waals surface area (Å²) in [5.41, 5.74) is 1.06. The Morgan fingerprint density at radius 3 is 1.96 bits per heavy atom. The number of carbonyl (C=O) groups is 4. The number of rotatable bonds is 6. The van der Waals surface area contributed by atoms with Gasteiger partial charge in [-0.25, -0.2) is 0 Å². The molecule has 4 atom stereocenters. The van der Waals surface area contributed by atoms with Crippen LogP contribution in [0.5, 0.6) is 0 Å². The van der Waals surface area contributed by atoms with Gasteiger partial charge in [-0.05, 0) is 61.1 Å². The Morgan fingerprint density at radius 1 is 0.870 bits per heavy atom. The zero-order valence-corrected chi connectivity index (χ0v) is 32.5. The van der Waals surface area contributed by atoms with E-state index < -0.39 is 46.5 Å². The molecule has 0 unspecified atom stereocenters. The van der Waals surface area contributed by atoms with Crippen LogP contribution in [0.2, 0.25) is 36.3 Å². The van der Waals surface area contributed by atoms with Crippen LogP contribution in [0.4, 0.5) is 0 Å². The summed E-state index contributed by atoms with van der Waals surface area (Å²) in [5, 5.41) is 2.61. The lowest BCUT2D eigenvalue weighted by atomic mass is 9.94. The topological polar surface area (TPSA) is 117 Å². The summed E-state index contributed by atoms with van der Waals surface area (Å²) in [4.78, 5) is 53.0. The fraction of sp³-hybridized carbons (Fsp3) is 0.657. The van der Waals surface area contributed by atoms with Crippen molar-refractivity contribution < 1.29 is 37.5 Å². The highest BCUT2D eigenvalue weighted by Gasteiger charge is 2.42. The summed E-state index contributed by atoms with van der Waals surface area (Å²) >= 11 is 0. The summed E-state index contributed by atoms with van der Waals surface area (Å²) in [6.07, 6.45) is 4.55. The van der Waals surface area contributed by atoms with Gasteiger partial charge in [-0.2, -0.15) is 0 Å². The van der Waals surface area contributed by atoms with Crippen LogP contribution in [0.25, 0.3) is 0 Å². The number of Topliss-reactive ketones (excluding diaryl/α,β-unsaturated/α-hetero) is 2. The zero-order valence-electron chi connectivity index (χ0n) is 30.5. The average molecular weight is 676 g/mol. The van der Waals surface area contributed by atoms with Crippen molar-refractivity contribution in [2.45, 2.75) is 129 Å². The van der Waals surface area contributed by atoms with Crippen molar-refractivity contribution in [1.29, 1.82) is 0 Å². The van der Waals surface area contributed by atoms with Crippen LogP contribution in [0.1, 0.15) is 74.7 Å². The average Bonchev–Trinajstić information content (AvgIpc) is 2.90. The maximum atomic E-state index is 13.7. The van der Waals surface area contributed by atoms with Gasteiger partial charge < -0.3 is 23.6 Å². The number of hydrogen-bond acceptors (Lipinski definition) is 8. The van der Waals surface area contributed by atoms with E-state index >= 15 is 0 Å². The van der Waals surface area contributed by atoms with Gasteiger partial charge in [0, 0.05) is 19.6 Å². The molecule has 1 aliphatic carbocycles. The Bertz CT molecular complexity index is 1310. The molecule has 1 amide bonds. The summed E-state index contributed by atoms with van der Waals surface area (Å²) in [5.74, 6) is -2.12. The number of methoxy groups -OCH3 is 2. The van der Waals surface area contributed by atoms with Gasteiger partial charge in [-0.3, -0.25) is 19.2 Å². The van der Waals surface area contributed by atoms with Crippen molar-refractivity contribution in [1.82, 2.24) is 5.32 Å². The minimum absolute atomic E-state index is 0.00612. The SMILES string of the molecule is COC1=C2C/C=C/[C@@H](OC)C(=O)C[C@H](O[Si](C)(C)C(C)(C)C)[C@@H](C)/C=C(\C)[C@@H](O[Si](C)(C)C(C)(C)C)CC(=O)NC1=CC(=O)C2=O. The monoisotopic (exact) mass is 675 g/mol. The van der Waals surface area contributed by atoms with E-state index in [1.165, 1.54) is 14.2 Å². The summed E-state index contributed by atoms with van der Waals surface area (Å²) in [6, 6.07) is 0. The molecule has 2 aliphatic rings. The van der Waals surface area contributed by atoms with E-state index in [9.17, 15) is 19.2 Å². The molecule has 11 heteroatoms. The molecule has 0 fully saturated rings. The van der Waals surface area contributed by atoms with Crippen LogP contribution in [0.15, 0.2) is 46.9 Å². The van der Waals surface area contributed by atoms with Crippen LogP contribution in [0.3, 0.4) is 0 Å². The lowest BCUT2D eigenvalue weighted by Crippen LogP contribution is -2.47. The number of carbonyl (C=O) groups excluding carboxylic acids is 4. The smallest absolute Gasteiger partial charge is 0.233 e. The van der Waals surface area contributed by atoms with Crippen LogP contribution in [-0.2, 0) is 37.5 Å². The third kappa shape index (κ3) is 9.79. The van der Waals surface area contributed by atoms with E-state index in [-0.39, 0.29) is 64.0 Å². The highest BCUT2D eigenvalue weighted by Crippen LogP contribution is 2.40. The van der Waals surface area contributed by atoms with E-state index in [2.05, 4.69) is 79.1 Å². The molecule has 0 aromatic carbocycles. The van der Waals surface area contributed by atoms with Crippen molar-refractivity contribution in [2.75, 3.05) is 14.2 Å². The van der Waals surface area contributed by atoms with Gasteiger partial charge in [0.15, 0.2) is 22.4 Å². The van der Waals surface area contributed by atoms with Crippen molar-refractivity contribution in [3.8, 4) is 0 Å². The molecule has 0 aromatic heterocycles. The third-order valence-corrected chi connectivity index (χ3v) is 18.9. The molecule has 2 bridgehead atoms. The predicted octanol–water partition coefficient (Wildman–Crippen LogP) is 6.73. The number of ketones is 3. The second-order valence-electron chi connectivity index (χ2n) is 15.5. The van der Waals surface area contributed by atoms with Crippen LogP contribution in [0, 0.1) is 5.92 Å². The van der Waals surface area contributed by atoms with E-state index in [4.69, 9.17) is 18.3 Å². The Labute approximate surface area is 278 Å². The highest BCUT2D eigenvalue weighted by molar-refractivity contribution is 6.74. The molecule has 2 rings (SSSR count). The molecule has 0 saturated heterocycles. The van der Waals surface area contributed by atoms with E-state index in [0.717, 1.165) is 11.6 Å². The van der Waals surface area contributed by atoms with Gasteiger partial charge in [0.1, 0.15) is 11.9 Å². The molecule has 0 radical (unpaired) electrons. The van der Waals surface area contributed by atoms with Gasteiger partial charge >= 0.3 is 0 Å². The summed E-state index contributed by atoms with van der Waals surface area (Å²) in [6.45, 7) is 25.5. The minimum atomic E-state index is -2.36. The largest absolute Gasteiger partial charge is 0.494 e. The van der Waals surface area contributed by atoms with Crippen LogP contribution < -0.4 is 5.32 Å². The number of ether oxygens (including phenoxy) is 2. The maximum Gasteiger partial charge on any atom is 0.233 e. The molecular weight excluding hydrogens is 619 g/mol. The summed E-state index contributed by atoms with van der Waals surface area (Å²) < 4.78 is 24.8. The van der Waals surface area contributed by atoms with Crippen LogP contribution in [-0.4, -0.2) is 72.4 Å². The molecule has 1 aliphatic heterocycles. The highest BCUT2D eigenvalue weighted by atomic mass is 28.4. The molecular formula is C35H57NO8Si2. The number of nitrogens with one attached hydrogen (secondary N) is 1. The van der Waals surface area contributed by atoms with E-state index in [1.54, 1.807) is 12.2 Å². The Morgan fingerprint density at radius 2 is 1.43 bits per heavy atom.